The Morgan fingerprint density at radius 2 is 1.59 bits per heavy atom. The number of hydrogen-bond acceptors (Lipinski definition) is 1. The van der Waals surface area contributed by atoms with E-state index < -0.39 is 12.4 Å². The van der Waals surface area contributed by atoms with E-state index in [0.29, 0.717) is 18.3 Å². The van der Waals surface area contributed by atoms with Crippen molar-refractivity contribution in [1.82, 2.24) is 0 Å². The summed E-state index contributed by atoms with van der Waals surface area (Å²) in [5.74, 6) is 0.960. The third kappa shape index (κ3) is 4.33. The van der Waals surface area contributed by atoms with Gasteiger partial charge in [0.15, 0.2) is 0 Å². The van der Waals surface area contributed by atoms with Crippen LogP contribution in [0.15, 0.2) is 24.3 Å². The summed E-state index contributed by atoms with van der Waals surface area (Å²) in [6.45, 7) is -0.196. The van der Waals surface area contributed by atoms with Gasteiger partial charge in [-0.2, -0.15) is 0 Å². The second kappa shape index (κ2) is 5.98. The molecule has 0 atom stereocenters. The molecule has 0 unspecified atom stereocenters. The van der Waals surface area contributed by atoms with Crippen LogP contribution >= 0.6 is 0 Å². The minimum Gasteiger partial charge on any atom is -0.493 e. The molecule has 0 aliphatic carbocycles. The molecule has 0 N–H and O–H groups in total. The topological polar surface area (TPSA) is 9.23 Å². The lowest BCUT2D eigenvalue weighted by molar-refractivity contribution is 0.240. The predicted octanol–water partition coefficient (Wildman–Crippen LogP) is 3.56. The highest BCUT2D eigenvalue weighted by Crippen LogP contribution is 2.15. The summed E-state index contributed by atoms with van der Waals surface area (Å²) in [5, 5.41) is 0. The highest BCUT2D eigenvalue weighted by molar-refractivity contribution is 6.73. The zero-order valence-corrected chi connectivity index (χ0v) is 10.1. The molecule has 1 rings (SSSR count). The lowest BCUT2D eigenvalue weighted by Crippen LogP contribution is -2.33. The molecule has 1 nitrogen and oxygen atoms in total. The van der Waals surface area contributed by atoms with Gasteiger partial charge >= 0.3 is 6.98 Å². The van der Waals surface area contributed by atoms with Crippen LogP contribution in [0.2, 0.25) is 0 Å². The maximum absolute atomic E-state index is 12.4. The van der Waals surface area contributed by atoms with Crippen molar-refractivity contribution in [3.63, 3.8) is 0 Å². The van der Waals surface area contributed by atoms with E-state index in [1.54, 1.807) is 0 Å². The SMILES string of the molecule is CCC(CC)COc1ccc([B-](F)(F)F)cc1. The van der Waals surface area contributed by atoms with Crippen LogP contribution in [0.3, 0.4) is 0 Å². The highest BCUT2D eigenvalue weighted by atomic mass is 19.4. The summed E-state index contributed by atoms with van der Waals surface area (Å²) in [5.41, 5.74) is -0.583. The summed E-state index contributed by atoms with van der Waals surface area (Å²) in [6.07, 6.45) is 2.03. The first kappa shape index (κ1) is 13.9. The van der Waals surface area contributed by atoms with Crippen molar-refractivity contribution in [3.8, 4) is 5.75 Å². The first-order valence-electron chi connectivity index (χ1n) is 5.90. The molecule has 1 aromatic carbocycles. The Morgan fingerprint density at radius 1 is 1.06 bits per heavy atom. The van der Waals surface area contributed by atoms with Crippen LogP contribution in [0.25, 0.3) is 0 Å². The zero-order chi connectivity index (χ0) is 12.9. The second-order valence-electron chi connectivity index (χ2n) is 4.14. The van der Waals surface area contributed by atoms with Crippen molar-refractivity contribution in [3.05, 3.63) is 24.3 Å². The molecule has 0 fully saturated rings. The fourth-order valence-electron chi connectivity index (χ4n) is 1.52. The van der Waals surface area contributed by atoms with Crippen LogP contribution in [-0.4, -0.2) is 13.6 Å². The van der Waals surface area contributed by atoms with Gasteiger partial charge in [0, 0.05) is 0 Å². The van der Waals surface area contributed by atoms with Crippen LogP contribution in [0.4, 0.5) is 12.9 Å². The van der Waals surface area contributed by atoms with Crippen molar-refractivity contribution >= 4 is 12.4 Å². The van der Waals surface area contributed by atoms with Gasteiger partial charge in [0.1, 0.15) is 5.75 Å². The van der Waals surface area contributed by atoms with Gasteiger partial charge in [-0.1, -0.05) is 38.8 Å². The van der Waals surface area contributed by atoms with E-state index in [2.05, 4.69) is 13.8 Å². The van der Waals surface area contributed by atoms with Gasteiger partial charge in [-0.3, -0.25) is 0 Å². The maximum atomic E-state index is 12.4. The fourth-order valence-corrected chi connectivity index (χ4v) is 1.52. The molecule has 0 aromatic heterocycles. The number of benzene rings is 1. The molecule has 0 bridgehead atoms. The van der Waals surface area contributed by atoms with Gasteiger partial charge in [-0.05, 0) is 18.1 Å². The van der Waals surface area contributed by atoms with E-state index in [0.717, 1.165) is 25.0 Å². The Bertz CT molecular complexity index is 331. The first-order valence-corrected chi connectivity index (χ1v) is 5.90. The van der Waals surface area contributed by atoms with Crippen LogP contribution in [0.1, 0.15) is 26.7 Å². The molecule has 0 radical (unpaired) electrons. The molecule has 0 aliphatic rings. The van der Waals surface area contributed by atoms with Gasteiger partial charge in [0.05, 0.1) is 6.61 Å². The summed E-state index contributed by atoms with van der Waals surface area (Å²) in [7, 11) is 0. The molecule has 0 heterocycles. The summed E-state index contributed by atoms with van der Waals surface area (Å²) in [4.78, 5) is 0. The molecule has 0 saturated heterocycles. The quantitative estimate of drug-likeness (QED) is 0.696. The zero-order valence-electron chi connectivity index (χ0n) is 10.1. The molecule has 1 aromatic rings. The molecular weight excluding hydrogens is 228 g/mol. The van der Waals surface area contributed by atoms with Crippen molar-refractivity contribution in [2.75, 3.05) is 6.61 Å². The average Bonchev–Trinajstić information content (AvgIpc) is 2.30. The Balaban J connectivity index is 2.57. The van der Waals surface area contributed by atoms with Crippen molar-refractivity contribution in [1.29, 1.82) is 0 Å². The van der Waals surface area contributed by atoms with Gasteiger partial charge in [-0.25, -0.2) is 0 Å². The standard InChI is InChI=1S/C12H17BF3O/c1-3-10(4-2)9-17-12-7-5-11(6-8-12)13(14,15)16/h5-8,10H,3-4,9H2,1-2H3/q-1. The van der Waals surface area contributed by atoms with Gasteiger partial charge in [0.25, 0.3) is 0 Å². The van der Waals surface area contributed by atoms with Gasteiger partial charge in [-0.15, -0.1) is 5.46 Å². The van der Waals surface area contributed by atoms with E-state index in [1.807, 2.05) is 0 Å². The summed E-state index contributed by atoms with van der Waals surface area (Å²) in [6, 6.07) is 4.91. The van der Waals surface area contributed by atoms with Crippen molar-refractivity contribution < 1.29 is 17.7 Å². The van der Waals surface area contributed by atoms with Gasteiger partial charge < -0.3 is 17.7 Å². The summed E-state index contributed by atoms with van der Waals surface area (Å²) >= 11 is 0. The third-order valence-electron chi connectivity index (χ3n) is 2.90. The average molecular weight is 245 g/mol. The van der Waals surface area contributed by atoms with Crippen LogP contribution in [-0.2, 0) is 0 Å². The number of rotatable bonds is 6. The first-order chi connectivity index (χ1) is 7.97. The van der Waals surface area contributed by atoms with Gasteiger partial charge in [0.2, 0.25) is 0 Å². The van der Waals surface area contributed by atoms with E-state index >= 15 is 0 Å². The van der Waals surface area contributed by atoms with E-state index in [-0.39, 0.29) is 0 Å². The normalized spacial score (nSPS) is 11.9. The Hall–Kier alpha value is -1.13. The fraction of sp³-hybridized carbons (Fsp3) is 0.500. The summed E-state index contributed by atoms with van der Waals surface area (Å²) < 4.78 is 42.6. The Morgan fingerprint density at radius 3 is 2.00 bits per heavy atom. The molecular formula is C12H17BF3O-. The van der Waals surface area contributed by atoms with Crippen molar-refractivity contribution in [2.45, 2.75) is 26.7 Å². The molecule has 0 saturated carbocycles. The number of halogens is 3. The molecule has 5 heteroatoms. The molecule has 96 valence electrons. The number of ether oxygens (including phenoxy) is 1. The number of hydrogen-bond donors (Lipinski definition) is 0. The van der Waals surface area contributed by atoms with Crippen molar-refractivity contribution in [2.24, 2.45) is 5.92 Å². The largest absolute Gasteiger partial charge is 0.509 e. The third-order valence-corrected chi connectivity index (χ3v) is 2.90. The molecule has 17 heavy (non-hydrogen) atoms. The van der Waals surface area contributed by atoms with Crippen LogP contribution in [0.5, 0.6) is 5.75 Å². The van der Waals surface area contributed by atoms with Crippen LogP contribution < -0.4 is 10.2 Å². The lowest BCUT2D eigenvalue weighted by atomic mass is 9.80. The Kier molecular flexibility index (Phi) is 4.91. The van der Waals surface area contributed by atoms with E-state index in [4.69, 9.17) is 4.74 Å². The monoisotopic (exact) mass is 245 g/mol. The predicted molar refractivity (Wildman–Crippen MR) is 64.7 cm³/mol. The van der Waals surface area contributed by atoms with E-state index in [9.17, 15) is 12.9 Å². The lowest BCUT2D eigenvalue weighted by Gasteiger charge is -2.16. The minimum atomic E-state index is -4.91. The second-order valence-corrected chi connectivity index (χ2v) is 4.14. The van der Waals surface area contributed by atoms with Crippen LogP contribution in [0, 0.1) is 5.92 Å². The molecule has 0 amide bonds. The maximum Gasteiger partial charge on any atom is 0.509 e. The molecule has 0 aliphatic heterocycles. The smallest absolute Gasteiger partial charge is 0.493 e. The highest BCUT2D eigenvalue weighted by Gasteiger charge is 2.24. The minimum absolute atomic E-state index is 0.460. The Labute approximate surface area is 100 Å². The van der Waals surface area contributed by atoms with E-state index in [1.165, 1.54) is 12.1 Å². The molecule has 0 spiro atoms.